The van der Waals surface area contributed by atoms with E-state index in [0.717, 1.165) is 19.3 Å². The summed E-state index contributed by atoms with van der Waals surface area (Å²) >= 11 is 0. The Morgan fingerprint density at radius 3 is 2.70 bits per heavy atom. The number of hydrogen-bond donors (Lipinski definition) is 2. The predicted molar refractivity (Wildman–Crippen MR) is 81.0 cm³/mol. The molecular weight excluding hydrogens is 250 g/mol. The van der Waals surface area contributed by atoms with Gasteiger partial charge in [0, 0.05) is 13.1 Å². The van der Waals surface area contributed by atoms with Crippen molar-refractivity contribution in [1.82, 2.24) is 15.8 Å². The maximum atomic E-state index is 12.5. The van der Waals surface area contributed by atoms with E-state index < -0.39 is 0 Å². The lowest BCUT2D eigenvalue weighted by molar-refractivity contribution is -0.133. The molecule has 4 nitrogen and oxygen atoms in total. The Hall–Kier alpha value is -1.39. The van der Waals surface area contributed by atoms with Gasteiger partial charge in [-0.25, -0.2) is 5.43 Å². The Bertz CT molecular complexity index is 435. The molecule has 1 fully saturated rings. The smallest absolute Gasteiger partial charge is 0.241 e. The van der Waals surface area contributed by atoms with Crippen molar-refractivity contribution in [3.63, 3.8) is 0 Å². The van der Waals surface area contributed by atoms with Crippen LogP contribution >= 0.6 is 0 Å². The highest BCUT2D eigenvalue weighted by molar-refractivity contribution is 5.82. The molecule has 1 amide bonds. The number of nitrogens with zero attached hydrogens (tertiary/aromatic N) is 1. The van der Waals surface area contributed by atoms with Crippen LogP contribution in [0.1, 0.15) is 44.7 Å². The first-order valence-corrected chi connectivity index (χ1v) is 7.46. The largest absolute Gasteiger partial charge is 0.338 e. The van der Waals surface area contributed by atoms with E-state index in [1.165, 1.54) is 5.56 Å². The molecule has 0 aromatic heterocycles. The van der Waals surface area contributed by atoms with Gasteiger partial charge in [-0.2, -0.15) is 0 Å². The zero-order valence-electron chi connectivity index (χ0n) is 12.6. The van der Waals surface area contributed by atoms with Crippen molar-refractivity contribution in [3.8, 4) is 0 Å². The third-order valence-corrected chi connectivity index (χ3v) is 4.13. The van der Waals surface area contributed by atoms with Gasteiger partial charge in [-0.1, -0.05) is 43.7 Å². The van der Waals surface area contributed by atoms with E-state index in [0.29, 0.717) is 6.04 Å². The van der Waals surface area contributed by atoms with Crippen LogP contribution in [-0.4, -0.2) is 29.9 Å². The monoisotopic (exact) mass is 275 g/mol. The number of carbonyl (C=O) groups excluding carboxylic acids is 1. The minimum absolute atomic E-state index is 0.0933. The van der Waals surface area contributed by atoms with Crippen LogP contribution in [0.3, 0.4) is 0 Å². The molecule has 0 radical (unpaired) electrons. The molecule has 3 atom stereocenters. The second-order valence-corrected chi connectivity index (χ2v) is 5.60. The summed E-state index contributed by atoms with van der Waals surface area (Å²) in [5, 5.41) is 0. The third-order valence-electron chi connectivity index (χ3n) is 4.13. The summed E-state index contributed by atoms with van der Waals surface area (Å²) in [6.45, 7) is 4.24. The van der Waals surface area contributed by atoms with Crippen molar-refractivity contribution in [3.05, 3.63) is 35.9 Å². The lowest BCUT2D eigenvalue weighted by atomic mass is 10.0. The fraction of sp³-hybridized carbons (Fsp3) is 0.562. The summed E-state index contributed by atoms with van der Waals surface area (Å²) in [7, 11) is 1.88. The third kappa shape index (κ3) is 3.38. The molecule has 0 spiro atoms. The van der Waals surface area contributed by atoms with E-state index in [1.807, 2.05) is 30.1 Å². The van der Waals surface area contributed by atoms with Gasteiger partial charge in [-0.3, -0.25) is 10.2 Å². The highest BCUT2D eigenvalue weighted by atomic mass is 16.2. The molecule has 1 heterocycles. The predicted octanol–water partition coefficient (Wildman–Crippen LogP) is 2.24. The van der Waals surface area contributed by atoms with E-state index in [2.05, 4.69) is 36.8 Å². The molecule has 1 saturated heterocycles. The van der Waals surface area contributed by atoms with Gasteiger partial charge in [0.2, 0.25) is 5.91 Å². The molecule has 1 aromatic carbocycles. The molecule has 3 unspecified atom stereocenters. The maximum absolute atomic E-state index is 12.5. The first-order valence-electron chi connectivity index (χ1n) is 7.46. The highest BCUT2D eigenvalue weighted by Crippen LogP contribution is 2.21. The minimum atomic E-state index is -0.109. The molecule has 4 heteroatoms. The van der Waals surface area contributed by atoms with Gasteiger partial charge in [0.05, 0.1) is 6.04 Å². The Morgan fingerprint density at radius 2 is 2.05 bits per heavy atom. The Morgan fingerprint density at radius 1 is 1.35 bits per heavy atom. The molecular formula is C16H25N3O. The van der Waals surface area contributed by atoms with Crippen molar-refractivity contribution < 1.29 is 4.79 Å². The number of benzene rings is 1. The first kappa shape index (κ1) is 15.0. The van der Waals surface area contributed by atoms with E-state index >= 15 is 0 Å². The summed E-state index contributed by atoms with van der Waals surface area (Å²) < 4.78 is 0. The molecule has 1 aliphatic heterocycles. The van der Waals surface area contributed by atoms with Crippen molar-refractivity contribution in [2.75, 3.05) is 7.05 Å². The van der Waals surface area contributed by atoms with Gasteiger partial charge in [-0.15, -0.1) is 0 Å². The van der Waals surface area contributed by atoms with Crippen molar-refractivity contribution in [2.24, 2.45) is 0 Å². The number of nitrogens with one attached hydrogen (secondary N) is 2. The van der Waals surface area contributed by atoms with Crippen LogP contribution in [0.4, 0.5) is 0 Å². The minimum Gasteiger partial charge on any atom is -0.338 e. The number of hydrazine groups is 1. The second-order valence-electron chi connectivity index (χ2n) is 5.60. The molecule has 2 N–H and O–H groups in total. The van der Waals surface area contributed by atoms with Crippen LogP contribution in [0.5, 0.6) is 0 Å². The van der Waals surface area contributed by atoms with Gasteiger partial charge in [0.15, 0.2) is 0 Å². The van der Waals surface area contributed by atoms with Gasteiger partial charge in [0.1, 0.15) is 6.04 Å². The average molecular weight is 275 g/mol. The molecule has 0 bridgehead atoms. The Kier molecular flexibility index (Phi) is 5.15. The second kappa shape index (κ2) is 6.86. The number of rotatable bonds is 5. The van der Waals surface area contributed by atoms with Gasteiger partial charge < -0.3 is 4.90 Å². The number of likely N-dealkylation sites (N-methyl/N-ethyl adjacent to an activating group) is 1. The average Bonchev–Trinajstić information content (AvgIpc) is 2.95. The van der Waals surface area contributed by atoms with Crippen molar-refractivity contribution in [2.45, 2.75) is 51.2 Å². The molecule has 2 rings (SSSR count). The standard InChI is InChI=1S/C16H25N3O/c1-4-8-14-11-15(18-17-14)16(20)19(3)12(2)13-9-6-5-7-10-13/h5-7,9-10,12,14-15,17-18H,4,8,11H2,1-3H3. The van der Waals surface area contributed by atoms with Gasteiger partial charge in [-0.05, 0) is 25.3 Å². The van der Waals surface area contributed by atoms with Gasteiger partial charge in [0.25, 0.3) is 0 Å². The lowest BCUT2D eigenvalue weighted by Crippen LogP contribution is -2.45. The SMILES string of the molecule is CCCC1CC(C(=O)N(C)C(C)c2ccccc2)NN1. The summed E-state index contributed by atoms with van der Waals surface area (Å²) in [4.78, 5) is 14.4. The van der Waals surface area contributed by atoms with Crippen LogP contribution in [0.15, 0.2) is 30.3 Å². The maximum Gasteiger partial charge on any atom is 0.241 e. The zero-order valence-corrected chi connectivity index (χ0v) is 12.6. The highest BCUT2D eigenvalue weighted by Gasteiger charge is 2.32. The summed E-state index contributed by atoms with van der Waals surface area (Å²) in [5.41, 5.74) is 7.53. The molecule has 0 saturated carbocycles. The van der Waals surface area contributed by atoms with Crippen LogP contribution in [0.25, 0.3) is 0 Å². The fourth-order valence-corrected chi connectivity index (χ4v) is 2.71. The molecule has 0 aliphatic carbocycles. The molecule has 110 valence electrons. The van der Waals surface area contributed by atoms with Crippen LogP contribution in [0, 0.1) is 0 Å². The summed E-state index contributed by atoms with van der Waals surface area (Å²) in [5.74, 6) is 0.160. The summed E-state index contributed by atoms with van der Waals surface area (Å²) in [6.07, 6.45) is 3.11. The fourth-order valence-electron chi connectivity index (χ4n) is 2.71. The normalized spacial score (nSPS) is 23.6. The van der Waals surface area contributed by atoms with E-state index in [9.17, 15) is 4.79 Å². The van der Waals surface area contributed by atoms with Crippen LogP contribution < -0.4 is 10.9 Å². The van der Waals surface area contributed by atoms with Crippen LogP contribution in [-0.2, 0) is 4.79 Å². The van der Waals surface area contributed by atoms with Crippen LogP contribution in [0.2, 0.25) is 0 Å². The number of amides is 1. The number of carbonyl (C=O) groups is 1. The van der Waals surface area contributed by atoms with E-state index in [-0.39, 0.29) is 18.0 Å². The Balaban J connectivity index is 1.95. The topological polar surface area (TPSA) is 44.4 Å². The van der Waals surface area contributed by atoms with Crippen molar-refractivity contribution >= 4 is 5.91 Å². The van der Waals surface area contributed by atoms with Crippen molar-refractivity contribution in [1.29, 1.82) is 0 Å². The first-order chi connectivity index (χ1) is 9.63. The summed E-state index contributed by atoms with van der Waals surface area (Å²) in [6, 6.07) is 10.5. The van der Waals surface area contributed by atoms with E-state index in [4.69, 9.17) is 0 Å². The number of hydrogen-bond acceptors (Lipinski definition) is 3. The zero-order chi connectivity index (χ0) is 14.5. The lowest BCUT2D eigenvalue weighted by Gasteiger charge is -2.27. The molecule has 20 heavy (non-hydrogen) atoms. The Labute approximate surface area is 121 Å². The quantitative estimate of drug-likeness (QED) is 0.866. The van der Waals surface area contributed by atoms with E-state index in [1.54, 1.807) is 0 Å². The molecule has 1 aromatic rings. The molecule has 1 aliphatic rings. The van der Waals surface area contributed by atoms with Gasteiger partial charge >= 0.3 is 0 Å².